The van der Waals surface area contributed by atoms with Gasteiger partial charge in [0.05, 0.1) is 5.56 Å². The van der Waals surface area contributed by atoms with Crippen molar-refractivity contribution in [2.45, 2.75) is 109 Å². The molecule has 0 radical (unpaired) electrons. The molecule has 1 amide bonds. The normalized spacial score (nSPS) is 23.8. The van der Waals surface area contributed by atoms with Gasteiger partial charge in [0.15, 0.2) is 0 Å². The number of hydrogen-bond donors (Lipinski definition) is 3. The van der Waals surface area contributed by atoms with E-state index in [9.17, 15) is 9.59 Å². The zero-order valence-electron chi connectivity index (χ0n) is 25.0. The van der Waals surface area contributed by atoms with E-state index < -0.39 is 0 Å². The maximum absolute atomic E-state index is 13.7. The van der Waals surface area contributed by atoms with Crippen molar-refractivity contribution in [1.82, 2.24) is 20.2 Å². The van der Waals surface area contributed by atoms with Crippen LogP contribution in [-0.2, 0) is 6.54 Å². The number of rotatable bonds is 8. The molecule has 7 heteroatoms. The van der Waals surface area contributed by atoms with Gasteiger partial charge in [0.25, 0.3) is 11.5 Å². The van der Waals surface area contributed by atoms with Crippen molar-refractivity contribution in [2.24, 2.45) is 11.3 Å². The molecule has 1 spiro atoms. The van der Waals surface area contributed by atoms with Gasteiger partial charge in [-0.15, -0.1) is 11.8 Å². The van der Waals surface area contributed by atoms with E-state index in [4.69, 9.17) is 0 Å². The van der Waals surface area contributed by atoms with Gasteiger partial charge in [-0.05, 0) is 95.4 Å². The highest BCUT2D eigenvalue weighted by Gasteiger charge is 2.43. The first-order valence-electron chi connectivity index (χ1n) is 15.0. The van der Waals surface area contributed by atoms with Crippen LogP contribution in [0.15, 0.2) is 40.0 Å². The molecule has 3 N–H and O–H groups in total. The van der Waals surface area contributed by atoms with Crippen LogP contribution >= 0.6 is 11.8 Å². The number of thioether (sulfide) groups is 1. The van der Waals surface area contributed by atoms with Gasteiger partial charge in [-0.25, -0.2) is 0 Å². The molecule has 216 valence electrons. The first-order valence-corrected chi connectivity index (χ1v) is 16.3. The van der Waals surface area contributed by atoms with Crippen LogP contribution in [-0.4, -0.2) is 33.8 Å². The fourth-order valence-corrected chi connectivity index (χ4v) is 8.42. The molecule has 2 aliphatic rings. The maximum atomic E-state index is 13.7. The fourth-order valence-electron chi connectivity index (χ4n) is 7.72. The van der Waals surface area contributed by atoms with Gasteiger partial charge in [-0.3, -0.25) is 9.59 Å². The molecule has 2 aliphatic carbocycles. The molecule has 1 unspecified atom stereocenters. The predicted molar refractivity (Wildman–Crippen MR) is 166 cm³/mol. The van der Waals surface area contributed by atoms with Gasteiger partial charge in [0.2, 0.25) is 0 Å². The summed E-state index contributed by atoms with van der Waals surface area (Å²) in [5.41, 5.74) is 4.67. The molecule has 5 rings (SSSR count). The molecule has 6 nitrogen and oxygen atoms in total. The Kier molecular flexibility index (Phi) is 8.53. The van der Waals surface area contributed by atoms with E-state index in [-0.39, 0.29) is 18.0 Å². The molecule has 0 aliphatic heterocycles. The lowest BCUT2D eigenvalue weighted by molar-refractivity contribution is 0.0950. The van der Waals surface area contributed by atoms with Gasteiger partial charge >= 0.3 is 0 Å². The second-order valence-corrected chi connectivity index (χ2v) is 13.5. The van der Waals surface area contributed by atoms with Gasteiger partial charge in [0.1, 0.15) is 0 Å². The number of amides is 1. The number of aromatic nitrogens is 2. The number of carbonyl (C=O) groups is 1. The molecule has 2 atom stereocenters. The van der Waals surface area contributed by atoms with Crippen LogP contribution < -0.4 is 16.2 Å². The Labute approximate surface area is 243 Å². The second kappa shape index (κ2) is 11.8. The molecule has 0 saturated heterocycles. The van der Waals surface area contributed by atoms with E-state index in [1.54, 1.807) is 0 Å². The number of carbonyl (C=O) groups excluding carboxylic acids is 1. The number of aryl methyl sites for hydroxylation is 1. The van der Waals surface area contributed by atoms with Crippen LogP contribution in [0.5, 0.6) is 0 Å². The Balaban J connectivity index is 1.35. The minimum absolute atomic E-state index is 0.121. The van der Waals surface area contributed by atoms with Crippen LogP contribution in [0.25, 0.3) is 10.9 Å². The monoisotopic (exact) mass is 562 g/mol. The lowest BCUT2D eigenvalue weighted by atomic mass is 9.68. The number of nitrogens with zero attached hydrogens (tertiary/aromatic N) is 1. The summed E-state index contributed by atoms with van der Waals surface area (Å²) in [5.74, 6) is 0.479. The number of fused-ring (bicyclic) bond motifs is 1. The minimum Gasteiger partial charge on any atom is -0.348 e. The van der Waals surface area contributed by atoms with E-state index in [1.165, 1.54) is 56.7 Å². The highest BCUT2D eigenvalue weighted by molar-refractivity contribution is 7.98. The molecule has 1 aromatic carbocycles. The summed E-state index contributed by atoms with van der Waals surface area (Å²) < 4.78 is 2.41. The van der Waals surface area contributed by atoms with Crippen LogP contribution in [0, 0.1) is 25.2 Å². The molecular weight excluding hydrogens is 516 g/mol. The average molecular weight is 563 g/mol. The van der Waals surface area contributed by atoms with E-state index in [0.717, 1.165) is 32.7 Å². The summed E-state index contributed by atoms with van der Waals surface area (Å²) in [6, 6.07) is 11.8. The van der Waals surface area contributed by atoms with Gasteiger partial charge in [-0.2, -0.15) is 0 Å². The molecule has 0 bridgehead atoms. The lowest BCUT2D eigenvalue weighted by Gasteiger charge is -2.40. The second-order valence-electron chi connectivity index (χ2n) is 12.7. The topological polar surface area (TPSA) is 78.9 Å². The Morgan fingerprint density at radius 3 is 2.52 bits per heavy atom. The van der Waals surface area contributed by atoms with Gasteiger partial charge in [-0.1, -0.05) is 32.0 Å². The number of H-pyrrole nitrogens is 1. The summed E-state index contributed by atoms with van der Waals surface area (Å²) in [6.45, 7) is 11.0. The number of aromatic amines is 1. The number of nitrogens with one attached hydrogen (secondary N) is 3. The third-order valence-electron chi connectivity index (χ3n) is 9.71. The Hall–Kier alpha value is -2.51. The standard InChI is InChI=1S/C33H46N4O2S/c1-20(2)35-25-13-16-33(18-25)14-11-24(12-15-33)22(4)37-23(5)30(26-9-7-8-10-28(26)37)32(39)34-19-27-29(40-6)17-21(3)36-31(27)38/h7-10,17,20,22,24-25,35H,11-16,18-19H2,1-6H3,(H,34,39)(H,36,38)/t22-,24?,25?,33?/m1/s1. The Morgan fingerprint density at radius 1 is 1.12 bits per heavy atom. The van der Waals surface area contributed by atoms with Crippen molar-refractivity contribution in [3.63, 3.8) is 0 Å². The summed E-state index contributed by atoms with van der Waals surface area (Å²) >= 11 is 1.53. The SMILES string of the molecule is CSc1cc(C)[nH]c(=O)c1CNC(=O)c1c(C)n([C@H](C)C2CCC3(CCC(NC(C)C)C3)CC2)c2ccccc12. The summed E-state index contributed by atoms with van der Waals surface area (Å²) in [5, 5.41) is 7.84. The lowest BCUT2D eigenvalue weighted by Crippen LogP contribution is -2.35. The third kappa shape index (κ3) is 5.64. The summed E-state index contributed by atoms with van der Waals surface area (Å²) in [7, 11) is 0. The van der Waals surface area contributed by atoms with Gasteiger partial charge < -0.3 is 20.2 Å². The number of hydrogen-bond acceptors (Lipinski definition) is 4. The van der Waals surface area contributed by atoms with E-state index in [0.29, 0.717) is 35.0 Å². The van der Waals surface area contributed by atoms with Crippen molar-refractivity contribution in [3.05, 3.63) is 63.2 Å². The number of pyridine rings is 1. The molecule has 2 aromatic heterocycles. The molecular formula is C33H46N4O2S. The van der Waals surface area contributed by atoms with Gasteiger partial charge in [0, 0.05) is 57.4 Å². The van der Waals surface area contributed by atoms with Crippen molar-refractivity contribution >= 4 is 28.6 Å². The van der Waals surface area contributed by atoms with Crippen molar-refractivity contribution in [2.75, 3.05) is 6.26 Å². The molecule has 2 saturated carbocycles. The predicted octanol–water partition coefficient (Wildman–Crippen LogP) is 6.89. The first-order chi connectivity index (χ1) is 19.1. The smallest absolute Gasteiger partial charge is 0.254 e. The van der Waals surface area contributed by atoms with Crippen LogP contribution in [0.1, 0.15) is 99.1 Å². The Bertz CT molecular complexity index is 1430. The van der Waals surface area contributed by atoms with E-state index >= 15 is 0 Å². The Morgan fingerprint density at radius 2 is 1.82 bits per heavy atom. The van der Waals surface area contributed by atoms with E-state index in [1.807, 2.05) is 25.3 Å². The molecule has 2 fully saturated rings. The maximum Gasteiger partial charge on any atom is 0.254 e. The number of para-hydroxylation sites is 1. The largest absolute Gasteiger partial charge is 0.348 e. The first kappa shape index (κ1) is 29.0. The van der Waals surface area contributed by atoms with Crippen molar-refractivity contribution in [3.8, 4) is 0 Å². The molecule has 3 aromatic rings. The van der Waals surface area contributed by atoms with Crippen LogP contribution in [0.3, 0.4) is 0 Å². The fraction of sp³-hybridized carbons (Fsp3) is 0.576. The quantitative estimate of drug-likeness (QED) is 0.261. The highest BCUT2D eigenvalue weighted by Crippen LogP contribution is 2.52. The molecule has 40 heavy (non-hydrogen) atoms. The molecule has 2 heterocycles. The average Bonchev–Trinajstić information content (AvgIpc) is 3.44. The summed E-state index contributed by atoms with van der Waals surface area (Å²) in [6.07, 6.45) is 11.1. The zero-order valence-corrected chi connectivity index (χ0v) is 25.8. The van der Waals surface area contributed by atoms with E-state index in [2.05, 4.69) is 66.1 Å². The van der Waals surface area contributed by atoms with Crippen LogP contribution in [0.4, 0.5) is 0 Å². The van der Waals surface area contributed by atoms with Crippen LogP contribution in [0.2, 0.25) is 0 Å². The highest BCUT2D eigenvalue weighted by atomic mass is 32.2. The summed E-state index contributed by atoms with van der Waals surface area (Å²) in [4.78, 5) is 30.1. The van der Waals surface area contributed by atoms with Crippen molar-refractivity contribution < 1.29 is 4.79 Å². The zero-order chi connectivity index (χ0) is 28.6. The third-order valence-corrected chi connectivity index (χ3v) is 10.5. The number of benzene rings is 1. The minimum atomic E-state index is -0.138. The van der Waals surface area contributed by atoms with Crippen molar-refractivity contribution in [1.29, 1.82) is 0 Å².